The van der Waals surface area contributed by atoms with Crippen molar-refractivity contribution in [2.45, 2.75) is 0 Å². The Morgan fingerprint density at radius 1 is 0.903 bits per heavy atom. The molecular weight excluding hydrogens is 449 g/mol. The molecule has 0 unspecified atom stereocenters. The smallest absolute Gasteiger partial charge is 0.182 e. The van der Waals surface area contributed by atoms with Gasteiger partial charge in [0.25, 0.3) is 0 Å². The van der Waals surface area contributed by atoms with Gasteiger partial charge in [-0.15, -0.1) is 0 Å². The van der Waals surface area contributed by atoms with Crippen molar-refractivity contribution in [3.8, 4) is 11.4 Å². The second-order valence-electron chi connectivity index (χ2n) is 6.63. The summed E-state index contributed by atoms with van der Waals surface area (Å²) in [5.74, 6) is 0. The third-order valence-electron chi connectivity index (χ3n) is 4.53. The largest absolute Gasteiger partial charge is 0.375 e. The third kappa shape index (κ3) is 4.94. The Hall–Kier alpha value is -3.19. The number of benzene rings is 2. The maximum absolute atomic E-state index is 6.24. The summed E-state index contributed by atoms with van der Waals surface area (Å²) in [7, 11) is 0. The fraction of sp³-hybridized carbons (Fsp3) is 0. The number of nitrogens with two attached hydrogens (primary N) is 1. The normalized spacial score (nSPS) is 11.4. The number of halogens is 2. The van der Waals surface area contributed by atoms with E-state index >= 15 is 0 Å². The lowest BCUT2D eigenvalue weighted by molar-refractivity contribution is 0.847. The molecule has 0 spiro atoms. The van der Waals surface area contributed by atoms with Gasteiger partial charge in [-0.2, -0.15) is 0 Å². The van der Waals surface area contributed by atoms with Crippen LogP contribution in [0.2, 0.25) is 10.0 Å². The predicted octanol–water partition coefficient (Wildman–Crippen LogP) is 5.44. The van der Waals surface area contributed by atoms with E-state index in [0.717, 1.165) is 33.4 Å². The van der Waals surface area contributed by atoms with Crippen LogP contribution in [0, 0.1) is 0 Å². The van der Waals surface area contributed by atoms with Gasteiger partial charge in [0.1, 0.15) is 0 Å². The molecule has 154 valence electrons. The number of hydrogen-bond acceptors (Lipinski definition) is 4. The van der Waals surface area contributed by atoms with E-state index in [4.69, 9.17) is 46.1 Å². The zero-order chi connectivity index (χ0) is 21.8. The molecule has 0 aliphatic carbocycles. The highest BCUT2D eigenvalue weighted by Crippen LogP contribution is 2.29. The van der Waals surface area contributed by atoms with Gasteiger partial charge in [0.15, 0.2) is 5.11 Å². The Kier molecular flexibility index (Phi) is 6.32. The van der Waals surface area contributed by atoms with Gasteiger partial charge < -0.3 is 5.73 Å². The van der Waals surface area contributed by atoms with Gasteiger partial charge >= 0.3 is 0 Å². The van der Waals surface area contributed by atoms with Crippen LogP contribution in [0.1, 0.15) is 11.3 Å². The van der Waals surface area contributed by atoms with Crippen molar-refractivity contribution in [1.29, 1.82) is 0 Å². The number of nitrogens with one attached hydrogen (secondary N) is 2. The Bertz CT molecular complexity index is 1290. The summed E-state index contributed by atoms with van der Waals surface area (Å²) in [5.41, 5.74) is 15.2. The monoisotopic (exact) mass is 465 g/mol. The first kappa shape index (κ1) is 21.1. The highest BCUT2D eigenvalue weighted by Gasteiger charge is 2.11. The van der Waals surface area contributed by atoms with Crippen LogP contribution in [0.4, 0.5) is 0 Å². The number of hydrogen-bond donors (Lipinski definition) is 3. The number of thiocarbonyl (C=S) groups is 1. The molecule has 4 N–H and O–H groups in total. The van der Waals surface area contributed by atoms with Crippen LogP contribution in [0.25, 0.3) is 33.9 Å². The molecule has 0 bridgehead atoms. The minimum atomic E-state index is 0.103. The zero-order valence-electron chi connectivity index (χ0n) is 16.1. The minimum Gasteiger partial charge on any atom is -0.375 e. The lowest BCUT2D eigenvalue weighted by atomic mass is 10.0. The van der Waals surface area contributed by atoms with Gasteiger partial charge in [0.2, 0.25) is 0 Å². The number of aromatic nitrogens is 2. The molecule has 31 heavy (non-hydrogen) atoms. The topological polar surface area (TPSA) is 75.9 Å². The molecule has 0 saturated carbocycles. The fourth-order valence-corrected chi connectivity index (χ4v) is 3.45. The van der Waals surface area contributed by atoms with Gasteiger partial charge in [0, 0.05) is 17.1 Å². The van der Waals surface area contributed by atoms with Crippen LogP contribution in [-0.2, 0) is 0 Å². The van der Waals surface area contributed by atoms with E-state index in [9.17, 15) is 0 Å². The first-order chi connectivity index (χ1) is 15.0. The molecule has 0 aliphatic heterocycles. The first-order valence-electron chi connectivity index (χ1n) is 9.31. The quantitative estimate of drug-likeness (QED) is 0.269. The summed E-state index contributed by atoms with van der Waals surface area (Å²) in [6.07, 6.45) is 3.65. The fourth-order valence-electron chi connectivity index (χ4n) is 3.10. The Morgan fingerprint density at radius 2 is 1.71 bits per heavy atom. The standard InChI is InChI=1S/C23H17Cl2N5S/c24-17-9-8-15(11-18(17)25)20(29-30-23(26)31)13-21-16-6-2-1-5-14(16)12-22(28-21)19-7-3-4-10-27-19/h1-13,29H,(H3,26,30,31)/b20-13+. The maximum atomic E-state index is 6.24. The molecule has 0 radical (unpaired) electrons. The molecule has 5 nitrogen and oxygen atoms in total. The molecule has 2 heterocycles. The van der Waals surface area contributed by atoms with Gasteiger partial charge in [0.05, 0.1) is 32.8 Å². The van der Waals surface area contributed by atoms with Crippen molar-refractivity contribution < 1.29 is 0 Å². The second-order valence-corrected chi connectivity index (χ2v) is 7.88. The highest BCUT2D eigenvalue weighted by atomic mass is 35.5. The van der Waals surface area contributed by atoms with E-state index in [0.29, 0.717) is 15.7 Å². The van der Waals surface area contributed by atoms with Crippen molar-refractivity contribution in [3.05, 3.63) is 94.2 Å². The van der Waals surface area contributed by atoms with Crippen LogP contribution in [0.5, 0.6) is 0 Å². The molecule has 0 atom stereocenters. The number of pyridine rings is 2. The van der Waals surface area contributed by atoms with Gasteiger partial charge in [-0.3, -0.25) is 15.8 Å². The Labute approximate surface area is 194 Å². The summed E-state index contributed by atoms with van der Waals surface area (Å²) >= 11 is 17.3. The van der Waals surface area contributed by atoms with Crippen LogP contribution in [0.3, 0.4) is 0 Å². The Morgan fingerprint density at radius 3 is 2.45 bits per heavy atom. The van der Waals surface area contributed by atoms with Gasteiger partial charge in [-0.1, -0.05) is 59.6 Å². The number of fused-ring (bicyclic) bond motifs is 1. The van der Waals surface area contributed by atoms with Crippen molar-refractivity contribution in [2.75, 3.05) is 0 Å². The summed E-state index contributed by atoms with van der Waals surface area (Å²) in [6.45, 7) is 0. The molecule has 8 heteroatoms. The molecule has 0 aliphatic rings. The van der Waals surface area contributed by atoms with E-state index in [1.807, 2.05) is 60.7 Å². The van der Waals surface area contributed by atoms with Crippen molar-refractivity contribution >= 4 is 63.1 Å². The molecule has 4 aromatic rings. The van der Waals surface area contributed by atoms with E-state index in [1.54, 1.807) is 18.3 Å². The SMILES string of the molecule is NC(=S)NN/C(=C/c1nc(-c2ccccn2)cc2ccccc12)c1ccc(Cl)c(Cl)c1. The lowest BCUT2D eigenvalue weighted by Gasteiger charge is -2.14. The summed E-state index contributed by atoms with van der Waals surface area (Å²) in [4.78, 5) is 9.31. The minimum absolute atomic E-state index is 0.103. The predicted molar refractivity (Wildman–Crippen MR) is 132 cm³/mol. The lowest BCUT2D eigenvalue weighted by Crippen LogP contribution is -2.39. The van der Waals surface area contributed by atoms with Crippen LogP contribution in [-0.4, -0.2) is 15.1 Å². The first-order valence-corrected chi connectivity index (χ1v) is 10.5. The summed E-state index contributed by atoms with van der Waals surface area (Å²) < 4.78 is 0. The highest BCUT2D eigenvalue weighted by molar-refractivity contribution is 7.80. The second kappa shape index (κ2) is 9.31. The third-order valence-corrected chi connectivity index (χ3v) is 5.37. The molecule has 0 saturated heterocycles. The van der Waals surface area contributed by atoms with Crippen LogP contribution in [0.15, 0.2) is 72.9 Å². The molecular formula is C23H17Cl2N5S. The van der Waals surface area contributed by atoms with E-state index in [1.165, 1.54) is 0 Å². The number of nitrogens with zero attached hydrogens (tertiary/aromatic N) is 2. The zero-order valence-corrected chi connectivity index (χ0v) is 18.5. The van der Waals surface area contributed by atoms with E-state index in [2.05, 4.69) is 15.8 Å². The molecule has 4 rings (SSSR count). The average Bonchev–Trinajstić information content (AvgIpc) is 2.78. The maximum Gasteiger partial charge on any atom is 0.182 e. The number of rotatable bonds is 5. The molecule has 0 amide bonds. The summed E-state index contributed by atoms with van der Waals surface area (Å²) in [5, 5.41) is 3.03. The van der Waals surface area contributed by atoms with Crippen LogP contribution >= 0.6 is 35.4 Å². The summed E-state index contributed by atoms with van der Waals surface area (Å²) in [6, 6.07) is 21.1. The Balaban J connectivity index is 1.90. The van der Waals surface area contributed by atoms with E-state index in [-0.39, 0.29) is 5.11 Å². The number of hydrazine groups is 1. The average molecular weight is 466 g/mol. The van der Waals surface area contributed by atoms with Crippen LogP contribution < -0.4 is 16.6 Å². The van der Waals surface area contributed by atoms with E-state index < -0.39 is 0 Å². The molecule has 0 fully saturated rings. The van der Waals surface area contributed by atoms with Crippen molar-refractivity contribution in [3.63, 3.8) is 0 Å². The van der Waals surface area contributed by atoms with Gasteiger partial charge in [-0.05, 0) is 54.0 Å². The molecule has 2 aromatic heterocycles. The van der Waals surface area contributed by atoms with Gasteiger partial charge in [-0.25, -0.2) is 4.98 Å². The van der Waals surface area contributed by atoms with Crippen molar-refractivity contribution in [2.24, 2.45) is 5.73 Å². The van der Waals surface area contributed by atoms with Crippen molar-refractivity contribution in [1.82, 2.24) is 20.8 Å². The molecule has 2 aromatic carbocycles.